The Balaban J connectivity index is 1.37. The maximum atomic E-state index is 12.8. The third-order valence-corrected chi connectivity index (χ3v) is 7.23. The van der Waals surface area contributed by atoms with Crippen LogP contribution in [0.15, 0.2) is 79.0 Å². The molecule has 0 aliphatic carbocycles. The summed E-state index contributed by atoms with van der Waals surface area (Å²) in [5.74, 6) is 1.26. The maximum absolute atomic E-state index is 12.8. The van der Waals surface area contributed by atoms with Crippen molar-refractivity contribution in [1.82, 2.24) is 14.8 Å². The number of ether oxygens (including phenoxy) is 1. The molecule has 0 saturated carbocycles. The van der Waals surface area contributed by atoms with Crippen LogP contribution in [0, 0.1) is 6.92 Å². The quantitative estimate of drug-likeness (QED) is 0.353. The predicted molar refractivity (Wildman–Crippen MR) is 134 cm³/mol. The SMILES string of the molecule is Cc1ccccc1COc1ccccc1[C@@H]1CC(=O)Nc2c1cnn2-c1nc2ccccc2s1. The molecule has 0 unspecified atom stereocenters. The Bertz CT molecular complexity index is 1490. The molecule has 0 fully saturated rings. The van der Waals surface area contributed by atoms with E-state index in [1.807, 2.05) is 66.9 Å². The summed E-state index contributed by atoms with van der Waals surface area (Å²) in [4.78, 5) is 17.5. The van der Waals surface area contributed by atoms with Gasteiger partial charge in [-0.25, -0.2) is 4.98 Å². The Labute approximate surface area is 200 Å². The zero-order valence-electron chi connectivity index (χ0n) is 18.6. The van der Waals surface area contributed by atoms with Crippen LogP contribution in [0.2, 0.25) is 0 Å². The summed E-state index contributed by atoms with van der Waals surface area (Å²) in [5.41, 5.74) is 5.20. The molecular weight excluding hydrogens is 444 g/mol. The van der Waals surface area contributed by atoms with Gasteiger partial charge in [0.05, 0.1) is 16.4 Å². The van der Waals surface area contributed by atoms with E-state index in [1.165, 1.54) is 5.56 Å². The van der Waals surface area contributed by atoms with Crippen LogP contribution in [-0.4, -0.2) is 20.7 Å². The monoisotopic (exact) mass is 466 g/mol. The fraction of sp³-hybridized carbons (Fsp3) is 0.148. The number of carbonyl (C=O) groups excluding carboxylic acids is 1. The van der Waals surface area contributed by atoms with Gasteiger partial charge in [-0.2, -0.15) is 9.78 Å². The number of hydrogen-bond acceptors (Lipinski definition) is 5. The van der Waals surface area contributed by atoms with Crippen LogP contribution in [0.25, 0.3) is 15.3 Å². The van der Waals surface area contributed by atoms with E-state index >= 15 is 0 Å². The average Bonchev–Trinajstić information content (AvgIpc) is 3.47. The van der Waals surface area contributed by atoms with Gasteiger partial charge >= 0.3 is 0 Å². The standard InChI is InChI=1S/C27H22N4O2S/c1-17-8-2-3-9-18(17)16-33-23-12-6-4-10-19(23)20-14-25(32)30-26-21(20)15-28-31(26)27-29-22-11-5-7-13-24(22)34-27/h2-13,15,20H,14,16H2,1H3,(H,30,32)/t20-/m0/s1. The second-order valence-corrected chi connectivity index (χ2v) is 9.39. The number of nitrogens with one attached hydrogen (secondary N) is 1. The van der Waals surface area contributed by atoms with Gasteiger partial charge in [-0.15, -0.1) is 0 Å². The summed E-state index contributed by atoms with van der Waals surface area (Å²) < 4.78 is 9.09. The van der Waals surface area contributed by atoms with E-state index < -0.39 is 0 Å². The Morgan fingerprint density at radius 2 is 1.82 bits per heavy atom. The molecule has 3 aromatic carbocycles. The van der Waals surface area contributed by atoms with Crippen molar-refractivity contribution < 1.29 is 9.53 Å². The number of para-hydroxylation sites is 2. The third kappa shape index (κ3) is 3.64. The summed E-state index contributed by atoms with van der Waals surface area (Å²) in [6, 6.07) is 24.1. The molecule has 1 N–H and O–H groups in total. The van der Waals surface area contributed by atoms with Crippen LogP contribution >= 0.6 is 11.3 Å². The van der Waals surface area contributed by atoms with Crippen LogP contribution in [0.1, 0.15) is 34.6 Å². The Hall–Kier alpha value is -3.97. The molecule has 0 radical (unpaired) electrons. The average molecular weight is 467 g/mol. The van der Waals surface area contributed by atoms with Gasteiger partial charge in [0.15, 0.2) is 0 Å². The molecule has 1 atom stereocenters. The molecule has 5 aromatic rings. The number of aromatic nitrogens is 3. The van der Waals surface area contributed by atoms with Gasteiger partial charge in [-0.05, 0) is 36.2 Å². The van der Waals surface area contributed by atoms with Crippen LogP contribution < -0.4 is 10.1 Å². The predicted octanol–water partition coefficient (Wildman–Crippen LogP) is 5.84. The highest BCUT2D eigenvalue weighted by Gasteiger charge is 2.32. The lowest BCUT2D eigenvalue weighted by molar-refractivity contribution is -0.116. The Kier molecular flexibility index (Phi) is 5.11. The van der Waals surface area contributed by atoms with E-state index in [-0.39, 0.29) is 11.8 Å². The summed E-state index contributed by atoms with van der Waals surface area (Å²) in [6.45, 7) is 2.55. The van der Waals surface area contributed by atoms with Gasteiger partial charge in [0.25, 0.3) is 0 Å². The Morgan fingerprint density at radius 1 is 1.03 bits per heavy atom. The van der Waals surface area contributed by atoms with Crippen LogP contribution in [0.3, 0.4) is 0 Å². The highest BCUT2D eigenvalue weighted by atomic mass is 32.1. The van der Waals surface area contributed by atoms with Crippen molar-refractivity contribution in [2.75, 3.05) is 5.32 Å². The van der Waals surface area contributed by atoms with Crippen molar-refractivity contribution in [3.8, 4) is 10.9 Å². The number of anilines is 1. The Morgan fingerprint density at radius 3 is 2.71 bits per heavy atom. The molecule has 1 amide bonds. The second-order valence-electron chi connectivity index (χ2n) is 8.38. The first kappa shape index (κ1) is 20.6. The van der Waals surface area contributed by atoms with Crippen LogP contribution in [0.5, 0.6) is 5.75 Å². The van der Waals surface area contributed by atoms with Gasteiger partial charge in [0.1, 0.15) is 18.2 Å². The third-order valence-electron chi connectivity index (χ3n) is 6.22. The van der Waals surface area contributed by atoms with Crippen molar-refractivity contribution in [2.24, 2.45) is 0 Å². The first-order valence-electron chi connectivity index (χ1n) is 11.2. The number of hydrogen-bond donors (Lipinski definition) is 1. The molecule has 7 heteroatoms. The summed E-state index contributed by atoms with van der Waals surface area (Å²) >= 11 is 1.55. The largest absolute Gasteiger partial charge is 0.489 e. The minimum atomic E-state index is -0.153. The van der Waals surface area contributed by atoms with E-state index in [0.717, 1.165) is 37.8 Å². The number of fused-ring (bicyclic) bond motifs is 2. The molecule has 6 nitrogen and oxygen atoms in total. The molecule has 2 aromatic heterocycles. The van der Waals surface area contributed by atoms with Crippen molar-refractivity contribution in [3.63, 3.8) is 0 Å². The molecule has 168 valence electrons. The van der Waals surface area contributed by atoms with E-state index in [1.54, 1.807) is 16.0 Å². The minimum absolute atomic E-state index is 0.0472. The summed E-state index contributed by atoms with van der Waals surface area (Å²) in [6.07, 6.45) is 2.17. The van der Waals surface area contributed by atoms with Crippen molar-refractivity contribution >= 4 is 33.3 Å². The minimum Gasteiger partial charge on any atom is -0.489 e. The normalized spacial score (nSPS) is 15.2. The van der Waals surface area contributed by atoms with Gasteiger partial charge in [-0.3, -0.25) is 4.79 Å². The maximum Gasteiger partial charge on any atom is 0.226 e. The molecule has 1 aliphatic heterocycles. The molecule has 1 aliphatic rings. The number of aryl methyl sites for hydroxylation is 1. The molecule has 0 saturated heterocycles. The van der Waals surface area contributed by atoms with E-state index in [0.29, 0.717) is 18.8 Å². The molecular formula is C27H22N4O2S. The summed E-state index contributed by atoms with van der Waals surface area (Å²) in [5, 5.41) is 8.37. The lowest BCUT2D eigenvalue weighted by Crippen LogP contribution is -2.24. The summed E-state index contributed by atoms with van der Waals surface area (Å²) in [7, 11) is 0. The zero-order chi connectivity index (χ0) is 23.1. The zero-order valence-corrected chi connectivity index (χ0v) is 19.4. The van der Waals surface area contributed by atoms with Crippen molar-refractivity contribution in [2.45, 2.75) is 25.9 Å². The van der Waals surface area contributed by atoms with Crippen LogP contribution in [-0.2, 0) is 11.4 Å². The number of benzene rings is 3. The highest BCUT2D eigenvalue weighted by molar-refractivity contribution is 7.20. The lowest BCUT2D eigenvalue weighted by Gasteiger charge is -2.25. The van der Waals surface area contributed by atoms with E-state index in [9.17, 15) is 4.79 Å². The van der Waals surface area contributed by atoms with Crippen molar-refractivity contribution in [1.29, 1.82) is 0 Å². The van der Waals surface area contributed by atoms with Crippen LogP contribution in [0.4, 0.5) is 5.82 Å². The molecule has 0 bridgehead atoms. The number of thiazole rings is 1. The topological polar surface area (TPSA) is 69.0 Å². The number of nitrogens with zero attached hydrogens (tertiary/aromatic N) is 3. The van der Waals surface area contributed by atoms with Gasteiger partial charge in [-0.1, -0.05) is 65.9 Å². The van der Waals surface area contributed by atoms with Gasteiger partial charge < -0.3 is 10.1 Å². The fourth-order valence-corrected chi connectivity index (χ4v) is 5.35. The first-order chi connectivity index (χ1) is 16.7. The lowest BCUT2D eigenvalue weighted by atomic mass is 9.87. The molecule has 34 heavy (non-hydrogen) atoms. The number of carbonyl (C=O) groups is 1. The smallest absolute Gasteiger partial charge is 0.226 e. The second kappa shape index (κ2) is 8.43. The van der Waals surface area contributed by atoms with Crippen molar-refractivity contribution in [3.05, 3.63) is 101 Å². The number of amides is 1. The van der Waals surface area contributed by atoms with Gasteiger partial charge in [0.2, 0.25) is 11.0 Å². The molecule has 6 rings (SSSR count). The molecule has 0 spiro atoms. The van der Waals surface area contributed by atoms with E-state index in [2.05, 4.69) is 29.5 Å². The number of rotatable bonds is 5. The van der Waals surface area contributed by atoms with Gasteiger partial charge in [0, 0.05) is 23.5 Å². The fourth-order valence-electron chi connectivity index (χ4n) is 4.42. The first-order valence-corrected chi connectivity index (χ1v) is 12.0. The van der Waals surface area contributed by atoms with E-state index in [4.69, 9.17) is 9.72 Å². The highest BCUT2D eigenvalue weighted by Crippen LogP contribution is 2.42. The molecule has 3 heterocycles.